The van der Waals surface area contributed by atoms with Gasteiger partial charge in [0.15, 0.2) is 0 Å². The summed E-state index contributed by atoms with van der Waals surface area (Å²) in [4.78, 5) is 11.5. The van der Waals surface area contributed by atoms with Crippen molar-refractivity contribution in [2.24, 2.45) is 0 Å². The molecule has 0 radical (unpaired) electrons. The fraction of sp³-hybridized carbons (Fsp3) is 0.0476. The van der Waals surface area contributed by atoms with Crippen molar-refractivity contribution in [1.82, 2.24) is 10.2 Å². The van der Waals surface area contributed by atoms with Gasteiger partial charge >= 0.3 is 6.18 Å². The maximum atomic E-state index is 13.2. The average Bonchev–Trinajstić information content (AvgIpc) is 2.74. The summed E-state index contributed by atoms with van der Waals surface area (Å²) in [6.07, 6.45) is -4.86. The highest BCUT2D eigenvalue weighted by Crippen LogP contribution is 2.38. The van der Waals surface area contributed by atoms with Crippen molar-refractivity contribution in [1.29, 1.82) is 0 Å². The number of hydrogen-bond acceptors (Lipinski definition) is 4. The molecule has 176 valence electrons. The maximum absolute atomic E-state index is 13.2. The summed E-state index contributed by atoms with van der Waals surface area (Å²) in [7, 11) is -4.53. The molecule has 4 aromatic rings. The largest absolute Gasteiger partial charge is 0.417 e. The summed E-state index contributed by atoms with van der Waals surface area (Å²) in [5.41, 5.74) is -1.62. The maximum Gasteiger partial charge on any atom is 0.417 e. The van der Waals surface area contributed by atoms with Gasteiger partial charge in [0.05, 0.1) is 31.6 Å². The molecule has 1 aromatic heterocycles. The van der Waals surface area contributed by atoms with Crippen molar-refractivity contribution in [2.45, 2.75) is 11.1 Å². The zero-order valence-electron chi connectivity index (χ0n) is 16.5. The van der Waals surface area contributed by atoms with E-state index in [2.05, 4.69) is 14.9 Å². The Kier molecular flexibility index (Phi) is 6.28. The molecule has 0 atom stereocenters. The van der Waals surface area contributed by atoms with Crippen LogP contribution in [-0.2, 0) is 16.2 Å². The first-order valence-electron chi connectivity index (χ1n) is 9.25. The van der Waals surface area contributed by atoms with Gasteiger partial charge in [0.2, 0.25) is 0 Å². The zero-order valence-corrected chi connectivity index (χ0v) is 19.6. The number of nitrogens with one attached hydrogen (secondary N) is 2. The fourth-order valence-corrected chi connectivity index (χ4v) is 5.03. The second-order valence-electron chi connectivity index (χ2n) is 7.00. The smallest absolute Gasteiger partial charge is 0.279 e. The Morgan fingerprint density at radius 1 is 0.941 bits per heavy atom. The normalized spacial score (nSPS) is 12.2. The number of halogens is 6. The Balaban J connectivity index is 1.89. The van der Waals surface area contributed by atoms with Crippen LogP contribution in [-0.4, -0.2) is 18.6 Å². The Bertz CT molecular complexity index is 1610. The molecule has 0 aliphatic carbocycles. The van der Waals surface area contributed by atoms with Crippen molar-refractivity contribution in [3.8, 4) is 11.3 Å². The molecule has 6 nitrogen and oxygen atoms in total. The lowest BCUT2D eigenvalue weighted by molar-refractivity contribution is -0.137. The number of H-pyrrole nitrogens is 1. The van der Waals surface area contributed by atoms with Crippen LogP contribution < -0.4 is 10.3 Å². The minimum atomic E-state index is -4.86. The SMILES string of the molecule is O=c1[nH]nc(-c2ccc(Cl)cc2NS(=O)(=O)c2ccc(Cl)c(C(F)(F)F)c2)c2c(Cl)cccc12. The quantitative estimate of drug-likeness (QED) is 0.310. The Morgan fingerprint density at radius 3 is 2.38 bits per heavy atom. The van der Waals surface area contributed by atoms with E-state index in [1.54, 1.807) is 6.07 Å². The molecule has 1 heterocycles. The van der Waals surface area contributed by atoms with Gasteiger partial charge in [-0.15, -0.1) is 0 Å². The van der Waals surface area contributed by atoms with Crippen LogP contribution in [0.25, 0.3) is 22.0 Å². The molecule has 3 aromatic carbocycles. The predicted molar refractivity (Wildman–Crippen MR) is 125 cm³/mol. The summed E-state index contributed by atoms with van der Waals surface area (Å²) in [6, 6.07) is 11.0. The fourth-order valence-electron chi connectivity index (χ4n) is 3.27. The van der Waals surface area contributed by atoms with Gasteiger partial charge in [0, 0.05) is 16.0 Å². The number of aromatic amines is 1. The van der Waals surface area contributed by atoms with Crippen LogP contribution in [0.4, 0.5) is 18.9 Å². The van der Waals surface area contributed by atoms with Crippen LogP contribution in [0.5, 0.6) is 0 Å². The van der Waals surface area contributed by atoms with E-state index < -0.39 is 37.2 Å². The van der Waals surface area contributed by atoms with Gasteiger partial charge in [-0.05, 0) is 48.5 Å². The molecule has 0 unspecified atom stereocenters. The molecule has 0 aliphatic heterocycles. The van der Waals surface area contributed by atoms with Gasteiger partial charge in [-0.1, -0.05) is 40.9 Å². The number of sulfonamides is 1. The number of hydrogen-bond donors (Lipinski definition) is 2. The zero-order chi connectivity index (χ0) is 24.8. The number of aromatic nitrogens is 2. The van der Waals surface area contributed by atoms with E-state index >= 15 is 0 Å². The lowest BCUT2D eigenvalue weighted by atomic mass is 10.0. The van der Waals surface area contributed by atoms with Crippen molar-refractivity contribution in [2.75, 3.05) is 4.72 Å². The van der Waals surface area contributed by atoms with E-state index in [9.17, 15) is 26.4 Å². The van der Waals surface area contributed by atoms with Crippen LogP contribution in [0.2, 0.25) is 15.1 Å². The van der Waals surface area contributed by atoms with Crippen molar-refractivity contribution >= 4 is 61.3 Å². The molecule has 0 bridgehead atoms. The van der Waals surface area contributed by atoms with Crippen molar-refractivity contribution < 1.29 is 21.6 Å². The third-order valence-electron chi connectivity index (χ3n) is 4.80. The van der Waals surface area contributed by atoms with Gasteiger partial charge in [-0.25, -0.2) is 13.5 Å². The second kappa shape index (κ2) is 8.77. The lowest BCUT2D eigenvalue weighted by Gasteiger charge is -2.16. The third-order valence-corrected chi connectivity index (χ3v) is 7.04. The van der Waals surface area contributed by atoms with Crippen LogP contribution in [0, 0.1) is 0 Å². The molecular formula is C21H11Cl3F3N3O3S. The number of fused-ring (bicyclic) bond motifs is 1. The van der Waals surface area contributed by atoms with E-state index in [0.717, 1.165) is 12.1 Å². The standard InChI is InChI=1S/C21H11Cl3F3N3O3S/c22-10-4-6-12(19-18-13(20(31)29-28-19)2-1-3-16(18)24)17(8-10)30-34(32,33)11-5-7-15(23)14(9-11)21(25,26)27/h1-9,30H,(H,29,31). The average molecular weight is 549 g/mol. The summed E-state index contributed by atoms with van der Waals surface area (Å²) in [6.45, 7) is 0. The Morgan fingerprint density at radius 2 is 1.68 bits per heavy atom. The van der Waals surface area contributed by atoms with E-state index in [-0.39, 0.29) is 37.8 Å². The summed E-state index contributed by atoms with van der Waals surface area (Å²) in [5, 5.41) is 6.47. The van der Waals surface area contributed by atoms with Crippen LogP contribution in [0.3, 0.4) is 0 Å². The van der Waals surface area contributed by atoms with Gasteiger partial charge in [-0.3, -0.25) is 9.52 Å². The van der Waals surface area contributed by atoms with Gasteiger partial charge in [-0.2, -0.15) is 18.3 Å². The Labute approximate surface area is 205 Å². The third kappa shape index (κ3) is 4.58. The summed E-state index contributed by atoms with van der Waals surface area (Å²) >= 11 is 17.9. The molecule has 0 aliphatic rings. The van der Waals surface area contributed by atoms with E-state index in [1.807, 2.05) is 0 Å². The monoisotopic (exact) mass is 547 g/mol. The van der Waals surface area contributed by atoms with E-state index in [0.29, 0.717) is 6.07 Å². The van der Waals surface area contributed by atoms with Gasteiger partial charge in [0.25, 0.3) is 15.6 Å². The van der Waals surface area contributed by atoms with E-state index in [4.69, 9.17) is 34.8 Å². The molecule has 4 rings (SSSR count). The molecule has 0 amide bonds. The molecule has 13 heteroatoms. The van der Waals surface area contributed by atoms with Crippen LogP contribution in [0.1, 0.15) is 5.56 Å². The van der Waals surface area contributed by atoms with Gasteiger partial charge in [0.1, 0.15) is 5.69 Å². The minimum Gasteiger partial charge on any atom is -0.279 e. The number of benzene rings is 3. The molecular weight excluding hydrogens is 538 g/mol. The highest BCUT2D eigenvalue weighted by molar-refractivity contribution is 7.92. The van der Waals surface area contributed by atoms with Gasteiger partial charge < -0.3 is 0 Å². The summed E-state index contributed by atoms with van der Waals surface area (Å²) < 4.78 is 67.9. The molecule has 2 N–H and O–H groups in total. The molecule has 0 fully saturated rings. The lowest BCUT2D eigenvalue weighted by Crippen LogP contribution is -2.16. The first-order valence-corrected chi connectivity index (χ1v) is 11.9. The second-order valence-corrected chi connectivity index (χ2v) is 9.93. The molecule has 0 saturated carbocycles. The van der Waals surface area contributed by atoms with Crippen LogP contribution >= 0.6 is 34.8 Å². The summed E-state index contributed by atoms with van der Waals surface area (Å²) in [5.74, 6) is 0. The first-order chi connectivity index (χ1) is 15.9. The number of alkyl halides is 3. The first kappa shape index (κ1) is 24.3. The highest BCUT2D eigenvalue weighted by atomic mass is 35.5. The van der Waals surface area contributed by atoms with Crippen molar-refractivity contribution in [3.63, 3.8) is 0 Å². The Hall–Kier alpha value is -2.79. The van der Waals surface area contributed by atoms with Crippen LogP contribution in [0.15, 0.2) is 64.3 Å². The topological polar surface area (TPSA) is 91.9 Å². The highest BCUT2D eigenvalue weighted by Gasteiger charge is 2.34. The molecule has 0 spiro atoms. The van der Waals surface area contributed by atoms with E-state index in [1.165, 1.54) is 30.3 Å². The number of nitrogens with zero attached hydrogens (tertiary/aromatic N) is 1. The van der Waals surface area contributed by atoms with Crippen molar-refractivity contribution in [3.05, 3.63) is 85.6 Å². The molecule has 0 saturated heterocycles. The molecule has 34 heavy (non-hydrogen) atoms. The predicted octanol–water partition coefficient (Wildman–Crippen LogP) is 6.37. The number of rotatable bonds is 4. The number of anilines is 1. The minimum absolute atomic E-state index is 0.100.